The summed E-state index contributed by atoms with van der Waals surface area (Å²) in [6.45, 7) is 31.0. The average molecular weight is 824 g/mol. The van der Waals surface area contributed by atoms with Crippen LogP contribution in [0, 0.1) is 17.8 Å². The van der Waals surface area contributed by atoms with Gasteiger partial charge in [-0.3, -0.25) is 0 Å². The summed E-state index contributed by atoms with van der Waals surface area (Å²) in [7, 11) is -1.86. The van der Waals surface area contributed by atoms with E-state index in [1.807, 2.05) is 5.57 Å². The highest BCUT2D eigenvalue weighted by atomic mass is 28.3. The minimum atomic E-state index is -1.86. The summed E-state index contributed by atoms with van der Waals surface area (Å²) in [6.07, 6.45) is 42.4. The van der Waals surface area contributed by atoms with E-state index in [1.54, 1.807) is 27.8 Å². The zero-order valence-electron chi connectivity index (χ0n) is 41.5. The molecule has 334 valence electrons. The van der Waals surface area contributed by atoms with Crippen molar-refractivity contribution in [3.05, 3.63) is 52.1 Å². The monoisotopic (exact) mass is 824 g/mol. The molecule has 1 aromatic carbocycles. The van der Waals surface area contributed by atoms with E-state index in [-0.39, 0.29) is 21.8 Å². The predicted molar refractivity (Wildman–Crippen MR) is 264 cm³/mol. The molecule has 0 N–H and O–H groups in total. The summed E-state index contributed by atoms with van der Waals surface area (Å²) in [4.78, 5) is 0. The van der Waals surface area contributed by atoms with Crippen molar-refractivity contribution in [1.82, 2.24) is 4.57 Å². The number of allylic oxidation sites excluding steroid dienone is 4. The second-order valence-electron chi connectivity index (χ2n) is 24.4. The highest BCUT2D eigenvalue weighted by Crippen LogP contribution is 2.64. The average Bonchev–Trinajstić information content (AvgIpc) is 3.64. The van der Waals surface area contributed by atoms with Gasteiger partial charge in [-0.2, -0.15) is 0 Å². The number of hydrogen-bond acceptors (Lipinski definition) is 1. The molecule has 2 heteroatoms. The highest BCUT2D eigenvalue weighted by molar-refractivity contribution is 6.76. The van der Waals surface area contributed by atoms with Crippen LogP contribution in [0.25, 0.3) is 5.57 Å². The van der Waals surface area contributed by atoms with Crippen LogP contribution in [0.2, 0.25) is 18.6 Å². The van der Waals surface area contributed by atoms with Gasteiger partial charge in [0.05, 0.1) is 0 Å². The fraction of sp³-hybridized carbons (Fsp3) is 0.825. The van der Waals surface area contributed by atoms with Crippen LogP contribution < -0.4 is 0 Å². The third kappa shape index (κ3) is 10.2. The van der Waals surface area contributed by atoms with E-state index in [9.17, 15) is 0 Å². The van der Waals surface area contributed by atoms with Crippen molar-refractivity contribution in [2.75, 3.05) is 0 Å². The summed E-state index contributed by atoms with van der Waals surface area (Å²) in [5, 5.41) is 0. The zero-order chi connectivity index (χ0) is 42.6. The van der Waals surface area contributed by atoms with E-state index < -0.39 is 8.24 Å². The van der Waals surface area contributed by atoms with Gasteiger partial charge in [0.25, 0.3) is 0 Å². The molecular weight excluding hydrogens is 727 g/mol. The van der Waals surface area contributed by atoms with Gasteiger partial charge in [0.2, 0.25) is 0 Å². The van der Waals surface area contributed by atoms with Gasteiger partial charge in [0.1, 0.15) is 8.24 Å². The third-order valence-corrected chi connectivity index (χ3v) is 22.4. The van der Waals surface area contributed by atoms with Crippen LogP contribution in [0.15, 0.2) is 29.9 Å². The normalized spacial score (nSPS) is 26.0. The SMILES string of the molecule is CCCCCCCCCCC1(CCCCCCCCCC)C2=CC3C(C=C2c2cc4c(cc21)C(C)(C)CCC4(C)C)CC(C)C3[Si](C)(C)N(C1CCCCC1)C(C)(C)C. The molecule has 4 atom stereocenters. The Kier molecular flexibility index (Phi) is 15.8. The first-order valence-corrected chi connectivity index (χ1v) is 29.5. The van der Waals surface area contributed by atoms with E-state index in [2.05, 4.69) is 111 Å². The Morgan fingerprint density at radius 1 is 0.644 bits per heavy atom. The molecule has 5 aliphatic rings. The van der Waals surface area contributed by atoms with Crippen LogP contribution in [0.4, 0.5) is 0 Å². The van der Waals surface area contributed by atoms with Crippen molar-refractivity contribution in [2.45, 2.75) is 283 Å². The second kappa shape index (κ2) is 19.7. The van der Waals surface area contributed by atoms with Gasteiger partial charge in [0.15, 0.2) is 0 Å². The molecule has 0 amide bonds. The van der Waals surface area contributed by atoms with Crippen LogP contribution >= 0.6 is 0 Å². The molecule has 2 fully saturated rings. The van der Waals surface area contributed by atoms with Crippen LogP contribution in [0.1, 0.15) is 258 Å². The molecule has 0 saturated heterocycles. The Hall–Kier alpha value is -1.12. The Morgan fingerprint density at radius 3 is 1.64 bits per heavy atom. The molecule has 1 aromatic rings. The molecule has 0 aliphatic heterocycles. The Labute approximate surface area is 369 Å². The molecule has 5 aliphatic carbocycles. The number of nitrogens with zero attached hydrogens (tertiary/aromatic N) is 1. The van der Waals surface area contributed by atoms with Crippen LogP contribution in [0.5, 0.6) is 0 Å². The molecule has 0 radical (unpaired) electrons. The molecule has 4 unspecified atom stereocenters. The number of hydrogen-bond donors (Lipinski definition) is 0. The van der Waals surface area contributed by atoms with Crippen molar-refractivity contribution >= 4 is 13.8 Å². The lowest BCUT2D eigenvalue weighted by atomic mass is 9.61. The highest BCUT2D eigenvalue weighted by Gasteiger charge is 2.57. The third-order valence-electron chi connectivity index (χ3n) is 17.5. The van der Waals surface area contributed by atoms with E-state index in [4.69, 9.17) is 0 Å². The molecule has 0 bridgehead atoms. The number of rotatable bonds is 21. The van der Waals surface area contributed by atoms with E-state index in [0.29, 0.717) is 11.8 Å². The maximum absolute atomic E-state index is 3.22. The molecule has 0 spiro atoms. The van der Waals surface area contributed by atoms with Crippen molar-refractivity contribution < 1.29 is 0 Å². The Balaban J connectivity index is 1.42. The fourth-order valence-electron chi connectivity index (χ4n) is 14.7. The first-order chi connectivity index (χ1) is 28.0. The van der Waals surface area contributed by atoms with E-state index in [1.165, 1.54) is 167 Å². The van der Waals surface area contributed by atoms with Gasteiger partial charge in [-0.15, -0.1) is 0 Å². The maximum Gasteiger partial charge on any atom is 0.127 e. The van der Waals surface area contributed by atoms with Gasteiger partial charge in [0, 0.05) is 17.0 Å². The molecule has 2 saturated carbocycles. The van der Waals surface area contributed by atoms with Gasteiger partial charge < -0.3 is 4.57 Å². The van der Waals surface area contributed by atoms with Crippen molar-refractivity contribution in [3.8, 4) is 0 Å². The lowest BCUT2D eigenvalue weighted by Gasteiger charge is -2.56. The summed E-state index contributed by atoms with van der Waals surface area (Å²) < 4.78 is 3.22. The second-order valence-corrected chi connectivity index (χ2v) is 28.8. The summed E-state index contributed by atoms with van der Waals surface area (Å²) >= 11 is 0. The van der Waals surface area contributed by atoms with E-state index in [0.717, 1.165) is 17.5 Å². The minimum Gasteiger partial charge on any atom is -0.316 e. The molecular formula is C57H97NSi. The molecule has 59 heavy (non-hydrogen) atoms. The quantitative estimate of drug-likeness (QED) is 0.0882. The van der Waals surface area contributed by atoms with Gasteiger partial charge in [-0.05, 0) is 133 Å². The first kappa shape index (κ1) is 47.4. The first-order valence-electron chi connectivity index (χ1n) is 26.4. The van der Waals surface area contributed by atoms with Gasteiger partial charge in [-0.1, -0.05) is 208 Å². The topological polar surface area (TPSA) is 3.24 Å². The standard InChI is InChI=1S/C57H97NSi/c1-13-15-17-19-21-23-25-30-34-57(35-31-26-24-22-20-18-16-14-2)49-40-46-44(38-43(3)53(46)59(11,12)58(54(4,5)6)45-32-28-27-29-33-45)39-47(49)48-41-51-52(42-50(48)57)56(9,10)37-36-55(51,7)8/h39-46,53H,13-38H2,1-12H3. The molecule has 0 heterocycles. The smallest absolute Gasteiger partial charge is 0.127 e. The van der Waals surface area contributed by atoms with Gasteiger partial charge >= 0.3 is 0 Å². The van der Waals surface area contributed by atoms with Crippen molar-refractivity contribution in [3.63, 3.8) is 0 Å². The summed E-state index contributed by atoms with van der Waals surface area (Å²) in [5.74, 6) is 2.15. The lowest BCUT2D eigenvalue weighted by molar-refractivity contribution is 0.139. The summed E-state index contributed by atoms with van der Waals surface area (Å²) in [6, 6.07) is 6.46. The number of unbranched alkanes of at least 4 members (excludes halogenated alkanes) is 14. The van der Waals surface area contributed by atoms with Crippen LogP contribution in [0.3, 0.4) is 0 Å². The van der Waals surface area contributed by atoms with Crippen molar-refractivity contribution in [1.29, 1.82) is 0 Å². The maximum atomic E-state index is 3.22. The Morgan fingerprint density at radius 2 is 1.14 bits per heavy atom. The molecule has 1 nitrogen and oxygen atoms in total. The molecule has 0 aromatic heterocycles. The zero-order valence-corrected chi connectivity index (χ0v) is 42.5. The largest absolute Gasteiger partial charge is 0.316 e. The Bertz CT molecular complexity index is 1550. The number of fused-ring (bicyclic) bond motifs is 5. The fourth-order valence-corrected chi connectivity index (χ4v) is 20.8. The minimum absolute atomic E-state index is 0.165. The van der Waals surface area contributed by atoms with Crippen LogP contribution in [-0.2, 0) is 16.2 Å². The van der Waals surface area contributed by atoms with Gasteiger partial charge in [-0.25, -0.2) is 0 Å². The molecule has 6 rings (SSSR count). The van der Waals surface area contributed by atoms with Crippen LogP contribution in [-0.4, -0.2) is 24.4 Å². The lowest BCUT2D eigenvalue weighted by Crippen LogP contribution is -2.65. The predicted octanol–water partition coefficient (Wildman–Crippen LogP) is 18.0. The van der Waals surface area contributed by atoms with E-state index >= 15 is 0 Å². The number of benzene rings is 1. The van der Waals surface area contributed by atoms with Crippen molar-refractivity contribution in [2.24, 2.45) is 17.8 Å². The summed E-state index contributed by atoms with van der Waals surface area (Å²) in [5.41, 5.74) is 12.0.